The zero-order chi connectivity index (χ0) is 5.91. The van der Waals surface area contributed by atoms with Gasteiger partial charge in [0.25, 0.3) is 0 Å². The summed E-state index contributed by atoms with van der Waals surface area (Å²) in [5, 5.41) is 0. The normalized spacial score (nSPS) is 15.9. The molecule has 0 spiro atoms. The molecule has 0 fully saturated rings. The molecule has 7 heavy (non-hydrogen) atoms. The van der Waals surface area contributed by atoms with Crippen molar-refractivity contribution < 1.29 is 0 Å². The fraction of sp³-hybridized carbons (Fsp3) is 0. The third-order valence-corrected chi connectivity index (χ3v) is 43.2. The molecule has 0 bridgehead atoms. The van der Waals surface area contributed by atoms with Crippen molar-refractivity contribution in [2.75, 3.05) is 0 Å². The van der Waals surface area contributed by atoms with E-state index in [1.54, 1.807) is 0 Å². The highest BCUT2D eigenvalue weighted by atomic mass is 35.8. The molecule has 0 aromatic rings. The average Bonchev–Trinajstić information content (AvgIpc) is 1.30. The molecule has 0 aliphatic rings. The van der Waals surface area contributed by atoms with Gasteiger partial charge in [-0.3, -0.25) is 0 Å². The van der Waals surface area contributed by atoms with Crippen LogP contribution >= 0.6 is 33.2 Å². The zero-order valence-electron chi connectivity index (χ0n) is 4.05. The minimum absolute atomic E-state index is 0.104. The molecule has 0 atom stereocenters. The summed E-state index contributed by atoms with van der Waals surface area (Å²) in [7, 11) is 1.50. The predicted octanol–water partition coefficient (Wildman–Crippen LogP) is -1.33. The molecule has 0 radical (unpaired) electrons. The Kier molecular flexibility index (Phi) is 4.62. The van der Waals surface area contributed by atoms with Gasteiger partial charge in [-0.05, 0) is 18.3 Å². The molecule has 0 aliphatic carbocycles. The van der Waals surface area contributed by atoms with Gasteiger partial charge in [-0.25, -0.2) is 0 Å². The fourth-order valence-corrected chi connectivity index (χ4v) is 68.9. The molecular weight excluding hydrogens is 219 g/mol. The zero-order valence-corrected chi connectivity index (χ0v) is 12.1. The fourth-order valence-electron chi connectivity index (χ4n) is 0.283. The SMILES string of the molecule is [SiH3][SiH2][SiH2][Si](Cl)(Cl)Cl. The summed E-state index contributed by atoms with van der Waals surface area (Å²) >= 11 is 16.9. The first-order valence-corrected chi connectivity index (χ1v) is 19.1. The van der Waals surface area contributed by atoms with Crippen LogP contribution in [0.2, 0.25) is 0 Å². The molecule has 0 unspecified atom stereocenters. The Morgan fingerprint density at radius 2 is 1.71 bits per heavy atom. The number of rotatable bonds is 2. The van der Waals surface area contributed by atoms with Crippen LogP contribution in [-0.2, 0) is 0 Å². The lowest BCUT2D eigenvalue weighted by molar-refractivity contribution is 3.68. The molecule has 0 N–H and O–H groups in total. The monoisotopic (exact) mass is 224 g/mol. The lowest BCUT2D eigenvalue weighted by Gasteiger charge is -2.00. The van der Waals surface area contributed by atoms with Crippen LogP contribution in [0.1, 0.15) is 0 Å². The van der Waals surface area contributed by atoms with E-state index in [0.29, 0.717) is 0 Å². The van der Waals surface area contributed by atoms with E-state index in [1.807, 2.05) is 0 Å². The lowest BCUT2D eigenvalue weighted by Crippen LogP contribution is -2.27. The third kappa shape index (κ3) is 7.74. The Hall–Kier alpha value is 1.74. The molecule has 0 nitrogen and oxygen atoms in total. The van der Waals surface area contributed by atoms with Gasteiger partial charge in [0, 0.05) is 0 Å². The highest BCUT2D eigenvalue weighted by Crippen LogP contribution is 2.16. The van der Waals surface area contributed by atoms with E-state index in [-0.39, 0.29) is 17.1 Å². The molecule has 0 rings (SSSR count). The summed E-state index contributed by atoms with van der Waals surface area (Å²) in [6.45, 7) is 0. The van der Waals surface area contributed by atoms with E-state index in [4.69, 9.17) is 33.2 Å². The van der Waals surface area contributed by atoms with Crippen molar-refractivity contribution in [3.63, 3.8) is 0 Å². The average molecular weight is 226 g/mol. The van der Waals surface area contributed by atoms with Gasteiger partial charge >= 0.3 is 5.52 Å². The van der Waals surface area contributed by atoms with Crippen molar-refractivity contribution in [2.45, 2.75) is 0 Å². The highest BCUT2D eigenvalue weighted by Gasteiger charge is 2.22. The minimum Gasteiger partial charge on any atom is -0.131 e. The molecule has 7 heteroatoms. The maximum Gasteiger partial charge on any atom is 0.314 e. The Morgan fingerprint density at radius 3 is 1.71 bits per heavy atom. The van der Waals surface area contributed by atoms with Crippen molar-refractivity contribution in [1.29, 1.82) is 0 Å². The highest BCUT2D eigenvalue weighted by molar-refractivity contribution is 7.89. The van der Waals surface area contributed by atoms with E-state index in [1.165, 1.54) is 9.76 Å². The largest absolute Gasteiger partial charge is 0.314 e. The van der Waals surface area contributed by atoms with Gasteiger partial charge < -0.3 is 0 Å². The van der Waals surface area contributed by atoms with E-state index < -0.39 is 5.52 Å². The first kappa shape index (κ1) is 8.74. The summed E-state index contributed by atoms with van der Waals surface area (Å²) in [4.78, 5) is 0. The molecule has 0 saturated carbocycles. The van der Waals surface area contributed by atoms with Crippen molar-refractivity contribution in [3.8, 4) is 0 Å². The van der Waals surface area contributed by atoms with E-state index >= 15 is 0 Å². The molecule has 0 heterocycles. The van der Waals surface area contributed by atoms with Gasteiger partial charge in [-0.15, -0.1) is 33.2 Å². The first-order chi connectivity index (χ1) is 3.06. The molecule has 0 aromatic carbocycles. The molecule has 44 valence electrons. The van der Waals surface area contributed by atoms with Crippen LogP contribution in [0.25, 0.3) is 0 Å². The third-order valence-electron chi connectivity index (χ3n) is 0.533. The number of hydrogen-bond acceptors (Lipinski definition) is 0. The molecular formula is H7Cl3Si4. The van der Waals surface area contributed by atoms with Crippen LogP contribution in [0.5, 0.6) is 0 Å². The quantitative estimate of drug-likeness (QED) is 0.404. The van der Waals surface area contributed by atoms with Gasteiger partial charge in [-0.2, -0.15) is 0 Å². The molecule has 0 aromatic heterocycles. The second-order valence-electron chi connectivity index (χ2n) is 1.37. The molecule has 0 aliphatic heterocycles. The lowest BCUT2D eigenvalue weighted by atomic mass is 26.4. The predicted molar refractivity (Wildman–Crippen MR) is 50.3 cm³/mol. The van der Waals surface area contributed by atoms with Crippen LogP contribution in [-0.4, -0.2) is 32.4 Å². The first-order valence-electron chi connectivity index (χ1n) is 2.13. The second kappa shape index (κ2) is 3.70. The molecule has 0 amide bonds. The topological polar surface area (TPSA) is 0 Å². The van der Waals surface area contributed by atoms with E-state index in [0.717, 1.165) is 0 Å². The maximum atomic E-state index is 5.62. The van der Waals surface area contributed by atoms with Crippen LogP contribution in [0.3, 0.4) is 0 Å². The maximum absolute atomic E-state index is 5.62. The van der Waals surface area contributed by atoms with Crippen molar-refractivity contribution >= 4 is 65.6 Å². The summed E-state index contributed by atoms with van der Waals surface area (Å²) in [6.07, 6.45) is 0. The summed E-state index contributed by atoms with van der Waals surface area (Å²) in [5.41, 5.74) is -2.01. The van der Waals surface area contributed by atoms with Crippen LogP contribution in [0.15, 0.2) is 0 Å². The van der Waals surface area contributed by atoms with Gasteiger partial charge in [0.15, 0.2) is 0 Å². The van der Waals surface area contributed by atoms with Crippen LogP contribution in [0.4, 0.5) is 0 Å². The Labute approximate surface area is 65.5 Å². The smallest absolute Gasteiger partial charge is 0.131 e. The van der Waals surface area contributed by atoms with Crippen LogP contribution in [0, 0.1) is 0 Å². The van der Waals surface area contributed by atoms with Gasteiger partial charge in [0.1, 0.15) is 0 Å². The van der Waals surface area contributed by atoms with Crippen molar-refractivity contribution in [2.24, 2.45) is 0 Å². The standard InChI is InChI=1S/Cl3H7Si4/c1-7(2,3)6-5-4/h5-6H2,4H3. The summed E-state index contributed by atoms with van der Waals surface area (Å²) in [6, 6.07) is 0. The number of halogens is 3. The Bertz CT molecular complexity index is 45.4. The van der Waals surface area contributed by atoms with Gasteiger partial charge in [-0.1, -0.05) is 0 Å². The van der Waals surface area contributed by atoms with Crippen molar-refractivity contribution in [3.05, 3.63) is 0 Å². The second-order valence-corrected chi connectivity index (χ2v) is 36.9. The molecule has 0 saturated heterocycles. The van der Waals surface area contributed by atoms with Crippen LogP contribution < -0.4 is 0 Å². The minimum atomic E-state index is -2.01. The van der Waals surface area contributed by atoms with Crippen molar-refractivity contribution in [1.82, 2.24) is 0 Å². The Morgan fingerprint density at radius 1 is 1.29 bits per heavy atom. The van der Waals surface area contributed by atoms with E-state index in [2.05, 4.69) is 0 Å². The summed E-state index contributed by atoms with van der Waals surface area (Å²) < 4.78 is 0. The number of hydrogen-bond donors (Lipinski definition) is 0. The Balaban J connectivity index is 3.15. The van der Waals surface area contributed by atoms with Gasteiger partial charge in [0.2, 0.25) is 0 Å². The van der Waals surface area contributed by atoms with Gasteiger partial charge in [0.05, 0.1) is 8.55 Å². The summed E-state index contributed by atoms with van der Waals surface area (Å²) in [5.74, 6) is 0. The van der Waals surface area contributed by atoms with E-state index in [9.17, 15) is 0 Å².